The number of thioether (sulfide) groups is 1. The van der Waals surface area contributed by atoms with Crippen molar-refractivity contribution in [3.05, 3.63) is 29.3 Å². The second-order valence-corrected chi connectivity index (χ2v) is 4.32. The van der Waals surface area contributed by atoms with Gasteiger partial charge in [-0.3, -0.25) is 4.79 Å². The van der Waals surface area contributed by atoms with Crippen molar-refractivity contribution in [1.82, 2.24) is 0 Å². The number of rotatable bonds is 5. The Morgan fingerprint density at radius 2 is 2.14 bits per heavy atom. The number of aliphatic carboxylic acids is 1. The van der Waals surface area contributed by atoms with Crippen LogP contribution < -0.4 is 0 Å². The number of carbonyl (C=O) groups is 1. The fourth-order valence-corrected chi connectivity index (χ4v) is 2.16. The van der Waals surface area contributed by atoms with Crippen molar-refractivity contribution in [2.45, 2.75) is 17.7 Å². The Labute approximate surface area is 92.3 Å². The van der Waals surface area contributed by atoms with Crippen LogP contribution in [0.25, 0.3) is 0 Å². The second-order valence-electron chi connectivity index (χ2n) is 2.78. The fraction of sp³-hybridized carbons (Fsp3) is 0.300. The zero-order chi connectivity index (χ0) is 10.4. The van der Waals surface area contributed by atoms with E-state index in [1.807, 2.05) is 24.3 Å². The van der Waals surface area contributed by atoms with E-state index in [9.17, 15) is 4.79 Å². The first kappa shape index (κ1) is 11.4. The minimum Gasteiger partial charge on any atom is -0.481 e. The van der Waals surface area contributed by atoms with E-state index in [0.717, 1.165) is 15.7 Å². The summed E-state index contributed by atoms with van der Waals surface area (Å²) < 4.78 is 0. The molecule has 1 aromatic rings. The average Bonchev–Trinajstić information content (AvgIpc) is 2.15. The van der Waals surface area contributed by atoms with Gasteiger partial charge in [0.15, 0.2) is 0 Å². The topological polar surface area (TPSA) is 37.3 Å². The highest BCUT2D eigenvalue weighted by Gasteiger charge is 2.00. The Morgan fingerprint density at radius 3 is 2.79 bits per heavy atom. The maximum absolute atomic E-state index is 10.2. The number of halogens is 1. The molecular weight excluding hydrogens is 220 g/mol. The molecule has 0 spiro atoms. The Kier molecular flexibility index (Phi) is 4.84. The number of hydrogen-bond acceptors (Lipinski definition) is 2. The van der Waals surface area contributed by atoms with Gasteiger partial charge in [-0.25, -0.2) is 0 Å². The van der Waals surface area contributed by atoms with Crippen molar-refractivity contribution in [3.63, 3.8) is 0 Å². The minimum atomic E-state index is -0.746. The van der Waals surface area contributed by atoms with Crippen LogP contribution in [-0.4, -0.2) is 16.8 Å². The van der Waals surface area contributed by atoms with Gasteiger partial charge in [0.2, 0.25) is 0 Å². The molecule has 0 fully saturated rings. The van der Waals surface area contributed by atoms with Gasteiger partial charge in [0.1, 0.15) is 0 Å². The molecule has 2 nitrogen and oxygen atoms in total. The molecule has 0 saturated carbocycles. The van der Waals surface area contributed by atoms with E-state index >= 15 is 0 Å². The van der Waals surface area contributed by atoms with Crippen molar-refractivity contribution in [3.8, 4) is 0 Å². The monoisotopic (exact) mass is 230 g/mol. The lowest BCUT2D eigenvalue weighted by Crippen LogP contribution is -1.94. The predicted molar refractivity (Wildman–Crippen MR) is 59.0 cm³/mol. The molecule has 0 radical (unpaired) electrons. The van der Waals surface area contributed by atoms with Crippen LogP contribution in [0.5, 0.6) is 0 Å². The number of carboxylic acid groups (broad SMARTS) is 1. The summed E-state index contributed by atoms with van der Waals surface area (Å²) >= 11 is 7.52. The molecule has 4 heteroatoms. The van der Waals surface area contributed by atoms with Gasteiger partial charge in [-0.1, -0.05) is 23.7 Å². The summed E-state index contributed by atoms with van der Waals surface area (Å²) in [6.45, 7) is 0. The maximum Gasteiger partial charge on any atom is 0.303 e. The van der Waals surface area contributed by atoms with Gasteiger partial charge in [-0.15, -0.1) is 11.8 Å². The first-order valence-electron chi connectivity index (χ1n) is 4.29. The minimum absolute atomic E-state index is 0.220. The third kappa shape index (κ3) is 4.03. The molecule has 14 heavy (non-hydrogen) atoms. The van der Waals surface area contributed by atoms with Gasteiger partial charge in [0, 0.05) is 11.3 Å². The van der Waals surface area contributed by atoms with Crippen molar-refractivity contribution in [1.29, 1.82) is 0 Å². The van der Waals surface area contributed by atoms with E-state index in [0.29, 0.717) is 6.42 Å². The SMILES string of the molecule is O=C(O)CCCSc1ccccc1Cl. The van der Waals surface area contributed by atoms with Crippen molar-refractivity contribution in [2.24, 2.45) is 0 Å². The second kappa shape index (κ2) is 5.94. The molecule has 0 aromatic heterocycles. The largest absolute Gasteiger partial charge is 0.481 e. The van der Waals surface area contributed by atoms with Crippen molar-refractivity contribution < 1.29 is 9.90 Å². The molecule has 0 amide bonds. The van der Waals surface area contributed by atoms with Crippen molar-refractivity contribution >= 4 is 29.3 Å². The van der Waals surface area contributed by atoms with Gasteiger partial charge < -0.3 is 5.11 Å². The standard InChI is InChI=1S/C10H11ClO2S/c11-8-4-1-2-5-9(8)14-7-3-6-10(12)13/h1-2,4-5H,3,6-7H2,(H,12,13). The van der Waals surface area contributed by atoms with Crippen LogP contribution in [0.3, 0.4) is 0 Å². The van der Waals surface area contributed by atoms with Crippen LogP contribution >= 0.6 is 23.4 Å². The quantitative estimate of drug-likeness (QED) is 0.623. The van der Waals surface area contributed by atoms with Crippen LogP contribution in [0.1, 0.15) is 12.8 Å². The highest BCUT2D eigenvalue weighted by Crippen LogP contribution is 2.27. The van der Waals surface area contributed by atoms with Gasteiger partial charge in [0.05, 0.1) is 5.02 Å². The highest BCUT2D eigenvalue weighted by atomic mass is 35.5. The number of benzene rings is 1. The average molecular weight is 231 g/mol. The van der Waals surface area contributed by atoms with E-state index in [1.54, 1.807) is 11.8 Å². The summed E-state index contributed by atoms with van der Waals surface area (Å²) in [5, 5.41) is 9.16. The van der Waals surface area contributed by atoms with Crippen LogP contribution in [0.4, 0.5) is 0 Å². The highest BCUT2D eigenvalue weighted by molar-refractivity contribution is 7.99. The zero-order valence-corrected chi connectivity index (χ0v) is 9.14. The van der Waals surface area contributed by atoms with E-state index in [4.69, 9.17) is 16.7 Å². The number of hydrogen-bond donors (Lipinski definition) is 1. The molecule has 0 atom stereocenters. The molecule has 0 bridgehead atoms. The molecule has 0 aliphatic heterocycles. The van der Waals surface area contributed by atoms with Crippen LogP contribution in [0, 0.1) is 0 Å². The Morgan fingerprint density at radius 1 is 1.43 bits per heavy atom. The van der Waals surface area contributed by atoms with Gasteiger partial charge in [-0.2, -0.15) is 0 Å². The molecule has 76 valence electrons. The summed E-state index contributed by atoms with van der Waals surface area (Å²) in [6.07, 6.45) is 0.892. The van der Waals surface area contributed by atoms with Crippen LogP contribution in [0.15, 0.2) is 29.2 Å². The third-order valence-electron chi connectivity index (χ3n) is 1.63. The Balaban J connectivity index is 2.31. The summed E-state index contributed by atoms with van der Waals surface area (Å²) in [5.41, 5.74) is 0. The predicted octanol–water partition coefficient (Wildman–Crippen LogP) is 3.30. The fourth-order valence-electron chi connectivity index (χ4n) is 0.967. The summed E-state index contributed by atoms with van der Waals surface area (Å²) in [6, 6.07) is 7.57. The number of carboxylic acids is 1. The maximum atomic E-state index is 10.2. The van der Waals surface area contributed by atoms with E-state index < -0.39 is 5.97 Å². The lowest BCUT2D eigenvalue weighted by atomic mass is 10.3. The van der Waals surface area contributed by atoms with E-state index in [1.165, 1.54) is 0 Å². The van der Waals surface area contributed by atoms with Gasteiger partial charge >= 0.3 is 5.97 Å². The van der Waals surface area contributed by atoms with Gasteiger partial charge in [-0.05, 0) is 24.3 Å². The van der Waals surface area contributed by atoms with E-state index in [-0.39, 0.29) is 6.42 Å². The van der Waals surface area contributed by atoms with Crippen molar-refractivity contribution in [2.75, 3.05) is 5.75 Å². The normalized spacial score (nSPS) is 10.1. The molecule has 1 aromatic carbocycles. The smallest absolute Gasteiger partial charge is 0.303 e. The molecule has 0 heterocycles. The lowest BCUT2D eigenvalue weighted by Gasteiger charge is -2.01. The first-order chi connectivity index (χ1) is 6.70. The molecule has 0 aliphatic rings. The molecule has 0 saturated heterocycles. The Hall–Kier alpha value is -0.670. The molecule has 0 aliphatic carbocycles. The molecular formula is C10H11ClO2S. The van der Waals surface area contributed by atoms with E-state index in [2.05, 4.69) is 0 Å². The molecule has 1 N–H and O–H groups in total. The first-order valence-corrected chi connectivity index (χ1v) is 5.65. The third-order valence-corrected chi connectivity index (χ3v) is 3.23. The summed E-state index contributed by atoms with van der Waals surface area (Å²) in [7, 11) is 0. The van der Waals surface area contributed by atoms with Crippen LogP contribution in [0.2, 0.25) is 5.02 Å². The molecule has 1 rings (SSSR count). The summed E-state index contributed by atoms with van der Waals surface area (Å²) in [5.74, 6) is 0.0421. The lowest BCUT2D eigenvalue weighted by molar-refractivity contribution is -0.137. The Bertz CT molecular complexity index is 315. The molecule has 0 unspecified atom stereocenters. The van der Waals surface area contributed by atoms with Crippen LogP contribution in [-0.2, 0) is 4.79 Å². The van der Waals surface area contributed by atoms with Gasteiger partial charge in [0.25, 0.3) is 0 Å². The summed E-state index contributed by atoms with van der Waals surface area (Å²) in [4.78, 5) is 11.3. The zero-order valence-electron chi connectivity index (χ0n) is 7.57.